The molecule has 1 aliphatic heterocycles. The first-order valence-electron chi connectivity index (χ1n) is 10.0. The fourth-order valence-electron chi connectivity index (χ4n) is 3.65. The van der Waals surface area contributed by atoms with Crippen LogP contribution in [0.5, 0.6) is 5.75 Å². The zero-order valence-electron chi connectivity index (χ0n) is 17.4. The summed E-state index contributed by atoms with van der Waals surface area (Å²) in [6.07, 6.45) is 4.05. The Hall–Kier alpha value is -3.13. The van der Waals surface area contributed by atoms with Crippen molar-refractivity contribution >= 4 is 11.9 Å². The zero-order valence-corrected chi connectivity index (χ0v) is 17.4. The molecule has 0 aliphatic carbocycles. The molecule has 1 saturated heterocycles. The van der Waals surface area contributed by atoms with Crippen LogP contribution in [-0.2, 0) is 4.74 Å². The van der Waals surface area contributed by atoms with Crippen LogP contribution in [0.4, 0.5) is 0 Å². The standard InChI is InChI=1S/C22H29N5O3/c1-26(12-13-30-2)22(23)25-20(17-4-3-5-19(28)14-17)18-8-11-27(15-18)21(29)16-6-9-24-10-7-16/h3-7,9-10,14,18,20,28H,8,11-13,15H2,1-2H3,(H2,23,25). The van der Waals surface area contributed by atoms with Crippen molar-refractivity contribution in [1.29, 1.82) is 0 Å². The van der Waals surface area contributed by atoms with Crippen molar-refractivity contribution < 1.29 is 14.6 Å². The molecule has 160 valence electrons. The number of pyridine rings is 1. The summed E-state index contributed by atoms with van der Waals surface area (Å²) in [5.74, 6) is 0.664. The van der Waals surface area contributed by atoms with Crippen molar-refractivity contribution in [2.24, 2.45) is 16.6 Å². The van der Waals surface area contributed by atoms with Gasteiger partial charge in [0.15, 0.2) is 5.96 Å². The number of ether oxygens (including phenoxy) is 1. The minimum absolute atomic E-state index is 0.0104. The average molecular weight is 412 g/mol. The molecule has 2 unspecified atom stereocenters. The van der Waals surface area contributed by atoms with Crippen LogP contribution in [-0.4, -0.2) is 72.2 Å². The number of carbonyl (C=O) groups excluding carboxylic acids is 1. The van der Waals surface area contributed by atoms with Gasteiger partial charge in [0.1, 0.15) is 5.75 Å². The minimum atomic E-state index is -0.266. The predicted molar refractivity (Wildman–Crippen MR) is 115 cm³/mol. The van der Waals surface area contributed by atoms with E-state index in [4.69, 9.17) is 15.5 Å². The minimum Gasteiger partial charge on any atom is -0.508 e. The molecule has 3 rings (SSSR count). The van der Waals surface area contributed by atoms with Crippen LogP contribution in [0.25, 0.3) is 0 Å². The third-order valence-corrected chi connectivity index (χ3v) is 5.39. The second kappa shape index (κ2) is 10.1. The molecule has 2 heterocycles. The van der Waals surface area contributed by atoms with Gasteiger partial charge in [-0.15, -0.1) is 0 Å². The van der Waals surface area contributed by atoms with Gasteiger partial charge in [-0.1, -0.05) is 12.1 Å². The van der Waals surface area contributed by atoms with E-state index in [0.29, 0.717) is 37.8 Å². The third kappa shape index (κ3) is 5.27. The van der Waals surface area contributed by atoms with E-state index in [1.165, 1.54) is 0 Å². The van der Waals surface area contributed by atoms with Crippen LogP contribution in [0.3, 0.4) is 0 Å². The summed E-state index contributed by atoms with van der Waals surface area (Å²) in [4.78, 5) is 25.3. The summed E-state index contributed by atoms with van der Waals surface area (Å²) in [5.41, 5.74) is 7.76. The van der Waals surface area contributed by atoms with Crippen molar-refractivity contribution in [3.8, 4) is 5.75 Å². The van der Waals surface area contributed by atoms with Crippen LogP contribution < -0.4 is 5.73 Å². The molecule has 3 N–H and O–H groups in total. The number of amides is 1. The number of carbonyl (C=O) groups is 1. The molecule has 0 saturated carbocycles. The van der Waals surface area contributed by atoms with E-state index in [9.17, 15) is 9.90 Å². The van der Waals surface area contributed by atoms with E-state index in [1.54, 1.807) is 49.8 Å². The van der Waals surface area contributed by atoms with Crippen LogP contribution in [0.2, 0.25) is 0 Å². The number of hydrogen-bond acceptors (Lipinski definition) is 5. The topological polar surface area (TPSA) is 104 Å². The molecular formula is C22H29N5O3. The fraction of sp³-hybridized carbons (Fsp3) is 0.409. The van der Waals surface area contributed by atoms with E-state index in [-0.39, 0.29) is 23.6 Å². The van der Waals surface area contributed by atoms with Gasteiger partial charge in [0.05, 0.1) is 12.6 Å². The second-order valence-electron chi connectivity index (χ2n) is 7.48. The Kier molecular flexibility index (Phi) is 7.24. The van der Waals surface area contributed by atoms with E-state index < -0.39 is 0 Å². The molecule has 2 atom stereocenters. The molecule has 1 aliphatic rings. The number of likely N-dealkylation sites (tertiary alicyclic amines) is 1. The number of aromatic hydroxyl groups is 1. The van der Waals surface area contributed by atoms with E-state index in [2.05, 4.69) is 4.98 Å². The Balaban J connectivity index is 1.81. The van der Waals surface area contributed by atoms with Crippen molar-refractivity contribution in [2.45, 2.75) is 12.5 Å². The van der Waals surface area contributed by atoms with Crippen molar-refractivity contribution in [3.05, 3.63) is 59.9 Å². The van der Waals surface area contributed by atoms with Crippen molar-refractivity contribution in [2.75, 3.05) is 40.4 Å². The maximum absolute atomic E-state index is 12.8. The second-order valence-corrected chi connectivity index (χ2v) is 7.48. The first kappa shape index (κ1) is 21.6. The molecule has 8 nitrogen and oxygen atoms in total. The molecule has 0 radical (unpaired) electrons. The lowest BCUT2D eigenvalue weighted by molar-refractivity contribution is 0.0785. The number of phenols is 1. The van der Waals surface area contributed by atoms with Crippen molar-refractivity contribution in [1.82, 2.24) is 14.8 Å². The molecule has 8 heteroatoms. The van der Waals surface area contributed by atoms with E-state index >= 15 is 0 Å². The fourth-order valence-corrected chi connectivity index (χ4v) is 3.65. The number of aromatic nitrogens is 1. The summed E-state index contributed by atoms with van der Waals surface area (Å²) < 4.78 is 5.12. The lowest BCUT2D eigenvalue weighted by Gasteiger charge is -2.25. The first-order chi connectivity index (χ1) is 14.5. The smallest absolute Gasteiger partial charge is 0.253 e. The third-order valence-electron chi connectivity index (χ3n) is 5.39. The number of rotatable bonds is 7. The number of nitrogens with zero attached hydrogens (tertiary/aromatic N) is 4. The number of methoxy groups -OCH3 is 1. The molecule has 2 aromatic rings. The molecule has 30 heavy (non-hydrogen) atoms. The number of nitrogens with two attached hydrogens (primary N) is 1. The highest BCUT2D eigenvalue weighted by Gasteiger charge is 2.33. The predicted octanol–water partition coefficient (Wildman–Crippen LogP) is 1.88. The highest BCUT2D eigenvalue weighted by molar-refractivity contribution is 5.94. The zero-order chi connectivity index (χ0) is 21.5. The summed E-state index contributed by atoms with van der Waals surface area (Å²) in [6, 6.07) is 10.3. The highest BCUT2D eigenvalue weighted by Crippen LogP contribution is 2.35. The average Bonchev–Trinajstić information content (AvgIpc) is 3.25. The summed E-state index contributed by atoms with van der Waals surface area (Å²) in [5, 5.41) is 9.98. The Labute approximate surface area is 177 Å². The molecule has 1 aromatic carbocycles. The molecular weight excluding hydrogens is 382 g/mol. The molecule has 1 amide bonds. The molecule has 1 aromatic heterocycles. The Morgan fingerprint density at radius 2 is 2.17 bits per heavy atom. The SMILES string of the molecule is COCCN(C)C(N)=NC(c1cccc(O)c1)C1CCN(C(=O)c2ccncc2)C1. The summed E-state index contributed by atoms with van der Waals surface area (Å²) in [7, 11) is 3.51. The maximum atomic E-state index is 12.8. The van der Waals surface area contributed by atoms with Gasteiger partial charge in [-0.3, -0.25) is 9.78 Å². The van der Waals surface area contributed by atoms with Crippen LogP contribution in [0, 0.1) is 5.92 Å². The number of guanidine groups is 1. The number of aliphatic imine (C=N–C) groups is 1. The van der Waals surface area contributed by atoms with E-state index in [0.717, 1.165) is 12.0 Å². The lowest BCUT2D eigenvalue weighted by atomic mass is 9.92. The van der Waals surface area contributed by atoms with Crippen LogP contribution >= 0.6 is 0 Å². The van der Waals surface area contributed by atoms with Gasteiger partial charge in [0, 0.05) is 57.7 Å². The number of hydrogen-bond donors (Lipinski definition) is 2. The van der Waals surface area contributed by atoms with Gasteiger partial charge in [-0.2, -0.15) is 0 Å². The highest BCUT2D eigenvalue weighted by atomic mass is 16.5. The normalized spacial score (nSPS) is 17.7. The van der Waals surface area contributed by atoms with Gasteiger partial charge in [-0.25, -0.2) is 4.99 Å². The number of phenolic OH excluding ortho intramolecular Hbond substituents is 1. The van der Waals surface area contributed by atoms with Crippen LogP contribution in [0.15, 0.2) is 53.8 Å². The first-order valence-corrected chi connectivity index (χ1v) is 10.0. The molecule has 0 spiro atoms. The lowest BCUT2D eigenvalue weighted by Crippen LogP contribution is -2.37. The summed E-state index contributed by atoms with van der Waals surface area (Å²) >= 11 is 0. The molecule has 0 bridgehead atoms. The Bertz CT molecular complexity index is 874. The van der Waals surface area contributed by atoms with Gasteiger partial charge in [0.25, 0.3) is 5.91 Å². The molecule has 1 fully saturated rings. The number of benzene rings is 1. The van der Waals surface area contributed by atoms with Crippen molar-refractivity contribution in [3.63, 3.8) is 0 Å². The monoisotopic (exact) mass is 411 g/mol. The van der Waals surface area contributed by atoms with Crippen LogP contribution in [0.1, 0.15) is 28.4 Å². The van der Waals surface area contributed by atoms with E-state index in [1.807, 2.05) is 22.9 Å². The largest absolute Gasteiger partial charge is 0.508 e. The number of likely N-dealkylation sites (N-methyl/N-ethyl adjacent to an activating group) is 1. The maximum Gasteiger partial charge on any atom is 0.253 e. The van der Waals surface area contributed by atoms with Gasteiger partial charge < -0.3 is 25.4 Å². The van der Waals surface area contributed by atoms with Gasteiger partial charge >= 0.3 is 0 Å². The van der Waals surface area contributed by atoms with Gasteiger partial charge in [-0.05, 0) is 36.2 Å². The quantitative estimate of drug-likeness (QED) is 0.533. The Morgan fingerprint density at radius 1 is 1.40 bits per heavy atom. The Morgan fingerprint density at radius 3 is 2.87 bits per heavy atom. The summed E-state index contributed by atoms with van der Waals surface area (Å²) in [6.45, 7) is 2.38. The van der Waals surface area contributed by atoms with Gasteiger partial charge in [0.2, 0.25) is 0 Å².